The van der Waals surface area contributed by atoms with Gasteiger partial charge in [0.15, 0.2) is 0 Å². The molecule has 0 unspecified atom stereocenters. The number of sulfonamides is 1. The first-order valence-corrected chi connectivity index (χ1v) is 16.2. The van der Waals surface area contributed by atoms with Crippen LogP contribution in [0.4, 0.5) is 5.69 Å². The van der Waals surface area contributed by atoms with Crippen LogP contribution in [-0.4, -0.2) is 43.8 Å². The second-order valence-corrected chi connectivity index (χ2v) is 13.2. The Hall–Kier alpha value is -3.07. The molecule has 0 aliphatic heterocycles. The molecule has 226 valence electrons. The summed E-state index contributed by atoms with van der Waals surface area (Å²) in [6.45, 7) is 10.7. The van der Waals surface area contributed by atoms with Gasteiger partial charge in [-0.3, -0.25) is 13.9 Å². The third kappa shape index (κ3) is 7.85. The van der Waals surface area contributed by atoms with Gasteiger partial charge >= 0.3 is 0 Å². The first-order chi connectivity index (χ1) is 19.8. The number of rotatable bonds is 12. The largest absolute Gasteiger partial charge is 0.352 e. The maximum Gasteiger partial charge on any atom is 0.264 e. The predicted molar refractivity (Wildman–Crippen MR) is 171 cm³/mol. The molecular weight excluding hydrogens is 593 g/mol. The summed E-state index contributed by atoms with van der Waals surface area (Å²) in [6.07, 6.45) is 1.03. The summed E-state index contributed by atoms with van der Waals surface area (Å²) < 4.78 is 29.4. The fourth-order valence-electron chi connectivity index (χ4n) is 4.55. The molecule has 0 fully saturated rings. The van der Waals surface area contributed by atoms with Crippen LogP contribution in [0.3, 0.4) is 0 Å². The fraction of sp³-hybridized carbons (Fsp3) is 0.375. The highest BCUT2D eigenvalue weighted by Crippen LogP contribution is 2.30. The topological polar surface area (TPSA) is 86.8 Å². The summed E-state index contributed by atoms with van der Waals surface area (Å²) in [5.74, 6) is -0.853. The number of halogens is 2. The van der Waals surface area contributed by atoms with E-state index in [9.17, 15) is 18.0 Å². The third-order valence-electron chi connectivity index (χ3n) is 7.48. The van der Waals surface area contributed by atoms with Gasteiger partial charge in [-0.05, 0) is 87.6 Å². The van der Waals surface area contributed by atoms with Gasteiger partial charge in [0, 0.05) is 22.6 Å². The smallest absolute Gasteiger partial charge is 0.264 e. The monoisotopic (exact) mass is 631 g/mol. The third-order valence-corrected chi connectivity index (χ3v) is 9.84. The van der Waals surface area contributed by atoms with Gasteiger partial charge in [-0.2, -0.15) is 0 Å². The van der Waals surface area contributed by atoms with Gasteiger partial charge in [-0.25, -0.2) is 8.42 Å². The predicted octanol–water partition coefficient (Wildman–Crippen LogP) is 6.84. The summed E-state index contributed by atoms with van der Waals surface area (Å²) in [5.41, 5.74) is 3.50. The number of hydrogen-bond donors (Lipinski definition) is 1. The summed E-state index contributed by atoms with van der Waals surface area (Å²) in [7, 11) is -4.16. The lowest BCUT2D eigenvalue weighted by Crippen LogP contribution is -2.53. The maximum absolute atomic E-state index is 14.3. The van der Waals surface area contributed by atoms with Crippen molar-refractivity contribution in [3.63, 3.8) is 0 Å². The zero-order chi connectivity index (χ0) is 31.2. The molecule has 0 radical (unpaired) electrons. The summed E-state index contributed by atoms with van der Waals surface area (Å²) in [5, 5.41) is 3.75. The summed E-state index contributed by atoms with van der Waals surface area (Å²) >= 11 is 12.6. The molecule has 0 saturated heterocycles. The van der Waals surface area contributed by atoms with Crippen molar-refractivity contribution < 1.29 is 18.0 Å². The molecule has 1 N–H and O–H groups in total. The van der Waals surface area contributed by atoms with Crippen LogP contribution >= 0.6 is 23.2 Å². The van der Waals surface area contributed by atoms with E-state index in [-0.39, 0.29) is 23.4 Å². The lowest BCUT2D eigenvalue weighted by molar-refractivity contribution is -0.140. The highest BCUT2D eigenvalue weighted by molar-refractivity contribution is 7.92. The minimum Gasteiger partial charge on any atom is -0.352 e. The highest BCUT2D eigenvalue weighted by atomic mass is 35.5. The van der Waals surface area contributed by atoms with Crippen LogP contribution < -0.4 is 9.62 Å². The van der Waals surface area contributed by atoms with Gasteiger partial charge in [-0.15, -0.1) is 0 Å². The van der Waals surface area contributed by atoms with Crippen LogP contribution in [0.5, 0.6) is 0 Å². The van der Waals surface area contributed by atoms with Gasteiger partial charge in [-0.1, -0.05) is 72.9 Å². The first kappa shape index (κ1) is 33.4. The van der Waals surface area contributed by atoms with Gasteiger partial charge in [0.1, 0.15) is 12.6 Å². The number of carbonyl (C=O) groups excluding carboxylic acids is 2. The van der Waals surface area contributed by atoms with Crippen LogP contribution in [0.15, 0.2) is 65.6 Å². The average molecular weight is 633 g/mol. The van der Waals surface area contributed by atoms with E-state index in [1.807, 2.05) is 47.6 Å². The molecule has 0 saturated carbocycles. The van der Waals surface area contributed by atoms with E-state index in [0.717, 1.165) is 21.0 Å². The number of carbonyl (C=O) groups is 2. The molecule has 0 spiro atoms. The van der Waals surface area contributed by atoms with Crippen molar-refractivity contribution in [2.24, 2.45) is 0 Å². The van der Waals surface area contributed by atoms with Crippen molar-refractivity contribution >= 4 is 50.7 Å². The molecule has 3 aromatic carbocycles. The van der Waals surface area contributed by atoms with Crippen molar-refractivity contribution in [3.8, 4) is 0 Å². The molecule has 42 heavy (non-hydrogen) atoms. The number of amides is 2. The fourth-order valence-corrected chi connectivity index (χ4v) is 6.49. The van der Waals surface area contributed by atoms with Crippen LogP contribution in [0.1, 0.15) is 55.9 Å². The highest BCUT2D eigenvalue weighted by Gasteiger charge is 2.34. The standard InChI is InChI=1S/C32H39Cl2N3O4S/c1-7-23(5)35-32(39)29(8-2)36(19-25-14-15-26(33)18-28(25)34)31(38)20-37(30-11-9-10-22(4)24(30)6)42(40,41)27-16-12-21(3)13-17-27/h9-18,23,29H,7-8,19-20H2,1-6H3,(H,35,39)/t23-,29+/m1/s1. The van der Waals surface area contributed by atoms with Crippen LogP contribution in [0.25, 0.3) is 0 Å². The zero-order valence-corrected chi connectivity index (χ0v) is 27.3. The summed E-state index contributed by atoms with van der Waals surface area (Å²) in [4.78, 5) is 29.2. The number of nitrogens with one attached hydrogen (secondary N) is 1. The molecular formula is C32H39Cl2N3O4S. The molecule has 0 aromatic heterocycles. The lowest BCUT2D eigenvalue weighted by atomic mass is 10.1. The zero-order valence-electron chi connectivity index (χ0n) is 24.9. The Kier molecular flexibility index (Phi) is 11.5. The minimum atomic E-state index is -4.16. The van der Waals surface area contributed by atoms with E-state index in [1.54, 1.807) is 42.5 Å². The number of nitrogens with zero attached hydrogens (tertiary/aromatic N) is 2. The van der Waals surface area contributed by atoms with Crippen LogP contribution in [0, 0.1) is 20.8 Å². The van der Waals surface area contributed by atoms with Crippen LogP contribution in [-0.2, 0) is 26.2 Å². The maximum atomic E-state index is 14.3. The van der Waals surface area contributed by atoms with Crippen molar-refractivity contribution in [2.45, 2.75) is 77.9 Å². The molecule has 7 nitrogen and oxygen atoms in total. The number of anilines is 1. The SMILES string of the molecule is CC[C@@H](C)NC(=O)[C@H](CC)N(Cc1ccc(Cl)cc1Cl)C(=O)CN(c1cccc(C)c1C)S(=O)(=O)c1ccc(C)cc1. The van der Waals surface area contributed by atoms with Crippen molar-refractivity contribution in [1.82, 2.24) is 10.2 Å². The van der Waals surface area contributed by atoms with Crippen molar-refractivity contribution in [3.05, 3.63) is 93.0 Å². The number of benzene rings is 3. The lowest BCUT2D eigenvalue weighted by Gasteiger charge is -2.34. The van der Waals surface area contributed by atoms with Crippen molar-refractivity contribution in [1.29, 1.82) is 0 Å². The van der Waals surface area contributed by atoms with Gasteiger partial charge in [0.2, 0.25) is 11.8 Å². The van der Waals surface area contributed by atoms with E-state index >= 15 is 0 Å². The molecule has 3 rings (SSSR count). The van der Waals surface area contributed by atoms with E-state index in [4.69, 9.17) is 23.2 Å². The molecule has 3 aromatic rings. The molecule has 2 amide bonds. The second-order valence-electron chi connectivity index (χ2n) is 10.5. The Morgan fingerprint density at radius 2 is 1.60 bits per heavy atom. The molecule has 0 heterocycles. The molecule has 2 atom stereocenters. The van der Waals surface area contributed by atoms with Gasteiger partial charge in [0.05, 0.1) is 10.6 Å². The second kappa shape index (κ2) is 14.4. The van der Waals surface area contributed by atoms with Crippen LogP contribution in [0.2, 0.25) is 10.0 Å². The minimum absolute atomic E-state index is 0.00745. The number of hydrogen-bond acceptors (Lipinski definition) is 4. The molecule has 10 heteroatoms. The normalized spacial score (nSPS) is 12.9. The van der Waals surface area contributed by atoms with E-state index in [0.29, 0.717) is 34.1 Å². The molecule has 0 aliphatic carbocycles. The quantitative estimate of drug-likeness (QED) is 0.237. The number of aryl methyl sites for hydroxylation is 2. The Morgan fingerprint density at radius 1 is 0.929 bits per heavy atom. The van der Waals surface area contributed by atoms with E-state index in [1.165, 1.54) is 17.0 Å². The Bertz CT molecular complexity index is 1530. The molecule has 0 bridgehead atoms. The summed E-state index contributed by atoms with van der Waals surface area (Å²) in [6, 6.07) is 15.8. The first-order valence-electron chi connectivity index (χ1n) is 14.0. The average Bonchev–Trinajstić information content (AvgIpc) is 2.94. The van der Waals surface area contributed by atoms with Gasteiger partial charge < -0.3 is 10.2 Å². The molecule has 0 aliphatic rings. The van der Waals surface area contributed by atoms with E-state index < -0.39 is 28.5 Å². The Morgan fingerprint density at radius 3 is 2.19 bits per heavy atom. The Balaban J connectivity index is 2.13. The van der Waals surface area contributed by atoms with Crippen molar-refractivity contribution in [2.75, 3.05) is 10.8 Å². The van der Waals surface area contributed by atoms with Gasteiger partial charge in [0.25, 0.3) is 10.0 Å². The van der Waals surface area contributed by atoms with E-state index in [2.05, 4.69) is 5.32 Å². The Labute approximate surface area is 259 Å².